The number of amides is 1. The van der Waals surface area contributed by atoms with Crippen molar-refractivity contribution < 1.29 is 27.8 Å². The second-order valence-corrected chi connectivity index (χ2v) is 8.51. The predicted molar refractivity (Wildman–Crippen MR) is 125 cm³/mol. The Labute approximate surface area is 203 Å². The van der Waals surface area contributed by atoms with Crippen molar-refractivity contribution in [3.05, 3.63) is 36.8 Å². The number of benzene rings is 1. The van der Waals surface area contributed by atoms with Gasteiger partial charge in [-0.15, -0.1) is 5.10 Å². The molecule has 1 fully saturated rings. The smallest absolute Gasteiger partial charge is 0.256 e. The van der Waals surface area contributed by atoms with E-state index in [2.05, 4.69) is 20.4 Å². The van der Waals surface area contributed by atoms with Gasteiger partial charge in [-0.2, -0.15) is 4.98 Å². The molecular weight excluding hydrogens is 479 g/mol. The van der Waals surface area contributed by atoms with E-state index in [1.54, 1.807) is 22.8 Å². The minimum atomic E-state index is -2.51. The van der Waals surface area contributed by atoms with Gasteiger partial charge < -0.3 is 24.6 Å². The molecule has 1 amide bonds. The van der Waals surface area contributed by atoms with Crippen LogP contribution >= 0.6 is 0 Å². The van der Waals surface area contributed by atoms with Crippen molar-refractivity contribution in [2.45, 2.75) is 31.6 Å². The Bertz CT molecular complexity index is 1410. The summed E-state index contributed by atoms with van der Waals surface area (Å²) in [5.74, 6) is -0.107. The van der Waals surface area contributed by atoms with Crippen LogP contribution in [0.1, 0.15) is 6.42 Å². The summed E-state index contributed by atoms with van der Waals surface area (Å²) in [6.45, 7) is -0.941. The van der Waals surface area contributed by atoms with Crippen LogP contribution < -0.4 is 10.1 Å². The van der Waals surface area contributed by atoms with Crippen molar-refractivity contribution in [3.63, 3.8) is 0 Å². The van der Waals surface area contributed by atoms with E-state index in [0.717, 1.165) is 11.1 Å². The number of aromatic nitrogens is 5. The first-order chi connectivity index (χ1) is 17.4. The number of carbonyl (C=O) groups excluding carboxylic acids is 1. The third-order valence-electron chi connectivity index (χ3n) is 6.28. The summed E-state index contributed by atoms with van der Waals surface area (Å²) in [5, 5.41) is 16.4. The Morgan fingerprint density at radius 3 is 2.89 bits per heavy atom. The number of aliphatic hydroxyl groups excluding tert-OH is 1. The van der Waals surface area contributed by atoms with Crippen LogP contribution in [0.4, 0.5) is 19.1 Å². The number of imidazole rings is 1. The lowest BCUT2D eigenvalue weighted by atomic mass is 10.0. The second-order valence-electron chi connectivity index (χ2n) is 8.51. The van der Waals surface area contributed by atoms with Gasteiger partial charge in [-0.25, -0.2) is 22.7 Å². The van der Waals surface area contributed by atoms with Crippen molar-refractivity contribution >= 4 is 28.4 Å². The van der Waals surface area contributed by atoms with Crippen LogP contribution in [0, 0.1) is 0 Å². The molecule has 36 heavy (non-hydrogen) atoms. The molecule has 13 heteroatoms. The number of methoxy groups -OCH3 is 1. The van der Waals surface area contributed by atoms with Gasteiger partial charge in [-0.05, 0) is 30.2 Å². The number of likely N-dealkylation sites (tertiary alicyclic amines) is 1. The Kier molecular flexibility index (Phi) is 6.39. The van der Waals surface area contributed by atoms with Gasteiger partial charge in [-0.3, -0.25) is 4.79 Å². The van der Waals surface area contributed by atoms with Crippen LogP contribution in [0.5, 0.6) is 5.88 Å². The highest BCUT2D eigenvalue weighted by atomic mass is 19.3. The highest BCUT2D eigenvalue weighted by Gasteiger charge is 2.32. The highest BCUT2D eigenvalue weighted by Crippen LogP contribution is 2.33. The summed E-state index contributed by atoms with van der Waals surface area (Å²) in [4.78, 5) is 21.5. The number of hydrogen-bond donors (Lipinski definition) is 2. The van der Waals surface area contributed by atoms with Gasteiger partial charge in [-0.1, -0.05) is 6.07 Å². The van der Waals surface area contributed by atoms with Crippen LogP contribution in [0.3, 0.4) is 0 Å². The second kappa shape index (κ2) is 9.64. The molecule has 0 radical (unpaired) electrons. The average molecular weight is 503 g/mol. The van der Waals surface area contributed by atoms with E-state index in [-0.39, 0.29) is 18.4 Å². The lowest BCUT2D eigenvalue weighted by molar-refractivity contribution is -0.136. The molecule has 190 valence electrons. The van der Waals surface area contributed by atoms with E-state index in [4.69, 9.17) is 9.84 Å². The number of halogens is 3. The lowest BCUT2D eigenvalue weighted by Crippen LogP contribution is -2.50. The molecule has 0 unspecified atom stereocenters. The number of alkyl halides is 3. The zero-order chi connectivity index (χ0) is 25.4. The lowest BCUT2D eigenvalue weighted by Gasteiger charge is -2.34. The van der Waals surface area contributed by atoms with Gasteiger partial charge in [0.25, 0.3) is 6.43 Å². The number of anilines is 1. The minimum Gasteiger partial charge on any atom is -0.479 e. The maximum absolute atomic E-state index is 14.7. The molecule has 2 N–H and O–H groups in total. The number of ether oxygens (including phenoxy) is 1. The highest BCUT2D eigenvalue weighted by molar-refractivity contribution is 5.89. The molecule has 4 aromatic rings. The van der Waals surface area contributed by atoms with Crippen LogP contribution in [0.15, 0.2) is 36.8 Å². The van der Waals surface area contributed by atoms with Crippen molar-refractivity contribution in [3.8, 4) is 17.0 Å². The Morgan fingerprint density at radius 2 is 2.17 bits per heavy atom. The van der Waals surface area contributed by atoms with E-state index in [0.29, 0.717) is 29.5 Å². The number of fused-ring (bicyclic) bond motifs is 2. The minimum absolute atomic E-state index is 0.130. The van der Waals surface area contributed by atoms with Crippen molar-refractivity contribution in [2.24, 2.45) is 0 Å². The van der Waals surface area contributed by atoms with E-state index in [1.807, 2.05) is 12.1 Å². The van der Waals surface area contributed by atoms with Crippen molar-refractivity contribution in [1.29, 1.82) is 0 Å². The molecule has 10 nitrogen and oxygen atoms in total. The van der Waals surface area contributed by atoms with Gasteiger partial charge in [0.05, 0.1) is 43.6 Å². The van der Waals surface area contributed by atoms with E-state index < -0.39 is 37.7 Å². The SMILES string of the molecule is COc1nc(N[C@H]2CCN(C(=O)CO)C[C@H]2F)nn2ccc(-c3ccc4ncn(CC(F)F)c4c3)c12. The molecule has 0 saturated carbocycles. The molecule has 4 heterocycles. The van der Waals surface area contributed by atoms with E-state index in [1.165, 1.54) is 22.9 Å². The Hall–Kier alpha value is -3.87. The molecule has 1 aromatic carbocycles. The zero-order valence-electron chi connectivity index (χ0n) is 19.3. The number of piperidine rings is 1. The molecule has 0 bridgehead atoms. The standard InChI is InChI=1S/C23H24F3N7O3/c1-36-22-21-14(13-2-3-17-18(8-13)32(12-27-17)10-19(25)26)4-7-33(21)30-23(29-22)28-16-5-6-31(9-15(16)24)20(35)11-34/h2-4,7-8,12,15-16,19,34H,5-6,9-11H2,1H3,(H,28,30)/t15-,16+/m1/s1. The van der Waals surface area contributed by atoms with Gasteiger partial charge in [0.1, 0.15) is 18.3 Å². The molecule has 0 aliphatic carbocycles. The third-order valence-corrected chi connectivity index (χ3v) is 6.28. The number of carbonyl (C=O) groups is 1. The van der Waals surface area contributed by atoms with Crippen LogP contribution in [0.2, 0.25) is 0 Å². The summed E-state index contributed by atoms with van der Waals surface area (Å²) < 4.78 is 49.1. The van der Waals surface area contributed by atoms with Gasteiger partial charge in [0.15, 0.2) is 0 Å². The van der Waals surface area contributed by atoms with E-state index >= 15 is 0 Å². The largest absolute Gasteiger partial charge is 0.479 e. The Balaban J connectivity index is 1.44. The first kappa shape index (κ1) is 23.9. The van der Waals surface area contributed by atoms with Crippen molar-refractivity contribution in [2.75, 3.05) is 32.1 Å². The first-order valence-corrected chi connectivity index (χ1v) is 11.3. The first-order valence-electron chi connectivity index (χ1n) is 11.3. The molecular formula is C23H24F3N7O3. The number of nitrogens with zero attached hydrogens (tertiary/aromatic N) is 6. The summed E-state index contributed by atoms with van der Waals surface area (Å²) in [5.41, 5.74) is 3.20. The quantitative estimate of drug-likeness (QED) is 0.399. The molecule has 0 spiro atoms. The van der Waals surface area contributed by atoms with Gasteiger partial charge >= 0.3 is 0 Å². The topological polar surface area (TPSA) is 110 Å². The number of rotatable bonds is 7. The normalized spacial score (nSPS) is 18.3. The summed E-state index contributed by atoms with van der Waals surface area (Å²) >= 11 is 0. The molecule has 1 aliphatic heterocycles. The van der Waals surface area contributed by atoms with Crippen LogP contribution in [-0.2, 0) is 11.3 Å². The van der Waals surface area contributed by atoms with Gasteiger partial charge in [0, 0.05) is 18.3 Å². The number of aliphatic hydroxyl groups is 1. The maximum atomic E-state index is 14.7. The molecule has 5 rings (SSSR count). The summed E-state index contributed by atoms with van der Waals surface area (Å²) in [6, 6.07) is 6.55. The molecule has 1 aliphatic rings. The molecule has 1 saturated heterocycles. The maximum Gasteiger partial charge on any atom is 0.256 e. The number of hydrogen-bond acceptors (Lipinski definition) is 7. The Morgan fingerprint density at radius 1 is 1.33 bits per heavy atom. The third kappa shape index (κ3) is 4.41. The average Bonchev–Trinajstić information content (AvgIpc) is 3.47. The predicted octanol–water partition coefficient (Wildman–Crippen LogP) is 2.36. The summed E-state index contributed by atoms with van der Waals surface area (Å²) in [6.07, 6.45) is -0.463. The fraction of sp³-hybridized carbons (Fsp3) is 0.391. The van der Waals surface area contributed by atoms with E-state index in [9.17, 15) is 18.0 Å². The zero-order valence-corrected chi connectivity index (χ0v) is 19.3. The molecule has 3 aromatic heterocycles. The van der Waals surface area contributed by atoms with Crippen LogP contribution in [-0.4, -0.2) is 85.5 Å². The fourth-order valence-electron chi connectivity index (χ4n) is 4.51. The van der Waals surface area contributed by atoms with Crippen LogP contribution in [0.25, 0.3) is 27.7 Å². The fourth-order valence-corrected chi connectivity index (χ4v) is 4.51. The monoisotopic (exact) mass is 503 g/mol. The number of nitrogens with one attached hydrogen (secondary N) is 1. The molecule has 2 atom stereocenters. The van der Waals surface area contributed by atoms with Crippen molar-refractivity contribution in [1.82, 2.24) is 29.0 Å². The van der Waals surface area contributed by atoms with Gasteiger partial charge in [0.2, 0.25) is 17.7 Å². The summed E-state index contributed by atoms with van der Waals surface area (Å²) in [7, 11) is 1.46.